The molecule has 0 aliphatic heterocycles. The highest BCUT2D eigenvalue weighted by Gasteiger charge is 2.33. The molecule has 4 heteroatoms. The molecule has 0 spiro atoms. The Hall–Kier alpha value is -0.610. The van der Waals surface area contributed by atoms with Gasteiger partial charge < -0.3 is 15.5 Å². The number of β-amino-alcohol motifs (C(OH)–C–C–N with tert-alkyl or cyclic N) is 1. The van der Waals surface area contributed by atoms with Gasteiger partial charge in [-0.15, -0.1) is 0 Å². The molecule has 0 radical (unpaired) electrons. The molecular formula is C12H25NO3. The normalized spacial score (nSPS) is 16.9. The molecule has 0 aromatic rings. The van der Waals surface area contributed by atoms with Crippen molar-refractivity contribution in [3.8, 4) is 0 Å². The molecule has 3 N–H and O–H groups in total. The summed E-state index contributed by atoms with van der Waals surface area (Å²) in [6.45, 7) is 11.8. The second kappa shape index (κ2) is 4.72. The Balaban J connectivity index is 4.35. The van der Waals surface area contributed by atoms with Gasteiger partial charge in [-0.2, -0.15) is 0 Å². The molecular weight excluding hydrogens is 206 g/mol. The maximum Gasteiger partial charge on any atom is 0.336 e. The van der Waals surface area contributed by atoms with Gasteiger partial charge >= 0.3 is 5.97 Å². The highest BCUT2D eigenvalue weighted by atomic mass is 16.4. The van der Waals surface area contributed by atoms with Crippen molar-refractivity contribution in [1.29, 1.82) is 0 Å². The Morgan fingerprint density at radius 2 is 1.56 bits per heavy atom. The van der Waals surface area contributed by atoms with E-state index >= 15 is 0 Å². The fourth-order valence-corrected chi connectivity index (χ4v) is 1.88. The standard InChI is InChI=1S/C12H25NO3/c1-10(2,3)7-11(4,5)13-8-12(6,16)9(14)15/h13,16H,7-8H2,1-6H3,(H,14,15). The molecule has 0 aromatic heterocycles. The summed E-state index contributed by atoms with van der Waals surface area (Å²) in [5.74, 6) is -1.20. The zero-order valence-electron chi connectivity index (χ0n) is 11.2. The number of rotatable bonds is 5. The van der Waals surface area contributed by atoms with Crippen molar-refractivity contribution in [1.82, 2.24) is 5.32 Å². The van der Waals surface area contributed by atoms with Gasteiger partial charge in [-0.25, -0.2) is 4.79 Å². The monoisotopic (exact) mass is 231 g/mol. The Morgan fingerprint density at radius 3 is 1.88 bits per heavy atom. The first-order valence-corrected chi connectivity index (χ1v) is 5.57. The summed E-state index contributed by atoms with van der Waals surface area (Å²) >= 11 is 0. The number of aliphatic carboxylic acids is 1. The first-order chi connectivity index (χ1) is 6.86. The second-order valence-electron chi connectivity index (χ2n) is 6.55. The summed E-state index contributed by atoms with van der Waals surface area (Å²) in [7, 11) is 0. The van der Waals surface area contributed by atoms with Gasteiger partial charge in [0.1, 0.15) is 0 Å². The topological polar surface area (TPSA) is 69.6 Å². The molecule has 96 valence electrons. The lowest BCUT2D eigenvalue weighted by molar-refractivity contribution is -0.156. The van der Waals surface area contributed by atoms with E-state index in [1.807, 2.05) is 13.8 Å². The molecule has 0 aliphatic rings. The molecule has 1 atom stereocenters. The molecule has 0 fully saturated rings. The second-order valence-corrected chi connectivity index (χ2v) is 6.55. The summed E-state index contributed by atoms with van der Waals surface area (Å²) in [5, 5.41) is 21.5. The largest absolute Gasteiger partial charge is 0.479 e. The van der Waals surface area contributed by atoms with Gasteiger partial charge in [0, 0.05) is 12.1 Å². The molecule has 0 saturated carbocycles. The Bertz CT molecular complexity index is 251. The maximum atomic E-state index is 10.7. The average molecular weight is 231 g/mol. The third-order valence-electron chi connectivity index (χ3n) is 2.34. The molecule has 0 saturated heterocycles. The Labute approximate surface area is 98.1 Å². The number of carboxylic acids is 1. The summed E-state index contributed by atoms with van der Waals surface area (Å²) < 4.78 is 0. The molecule has 0 heterocycles. The summed E-state index contributed by atoms with van der Waals surface area (Å²) in [6, 6.07) is 0. The van der Waals surface area contributed by atoms with Crippen LogP contribution < -0.4 is 5.32 Å². The molecule has 0 rings (SSSR count). The minimum absolute atomic E-state index is 0.0470. The number of hydrogen-bond acceptors (Lipinski definition) is 3. The molecule has 1 unspecified atom stereocenters. The summed E-state index contributed by atoms with van der Waals surface area (Å²) in [6.07, 6.45) is 0.899. The Morgan fingerprint density at radius 1 is 1.12 bits per heavy atom. The van der Waals surface area contributed by atoms with Crippen LogP contribution in [0.5, 0.6) is 0 Å². The summed E-state index contributed by atoms with van der Waals surface area (Å²) in [4.78, 5) is 10.7. The fourth-order valence-electron chi connectivity index (χ4n) is 1.88. The van der Waals surface area contributed by atoms with E-state index in [4.69, 9.17) is 5.11 Å². The quantitative estimate of drug-likeness (QED) is 0.672. The number of aliphatic hydroxyl groups is 1. The first-order valence-electron chi connectivity index (χ1n) is 5.57. The van der Waals surface area contributed by atoms with Gasteiger partial charge in [0.2, 0.25) is 0 Å². The van der Waals surface area contributed by atoms with Crippen LogP contribution >= 0.6 is 0 Å². The zero-order chi connectivity index (χ0) is 13.2. The van der Waals surface area contributed by atoms with E-state index in [2.05, 4.69) is 26.1 Å². The van der Waals surface area contributed by atoms with E-state index < -0.39 is 11.6 Å². The van der Waals surface area contributed by atoms with E-state index in [-0.39, 0.29) is 17.5 Å². The van der Waals surface area contributed by atoms with Crippen LogP contribution in [0.3, 0.4) is 0 Å². The van der Waals surface area contributed by atoms with Gasteiger partial charge in [-0.1, -0.05) is 20.8 Å². The third-order valence-corrected chi connectivity index (χ3v) is 2.34. The highest BCUT2D eigenvalue weighted by Crippen LogP contribution is 2.26. The number of carboxylic acid groups (broad SMARTS) is 1. The van der Waals surface area contributed by atoms with Crippen molar-refractivity contribution in [2.75, 3.05) is 6.54 Å². The van der Waals surface area contributed by atoms with E-state index in [9.17, 15) is 9.90 Å². The van der Waals surface area contributed by atoms with Crippen LogP contribution in [0.2, 0.25) is 0 Å². The first kappa shape index (κ1) is 15.4. The lowest BCUT2D eigenvalue weighted by Gasteiger charge is -2.35. The van der Waals surface area contributed by atoms with Crippen LogP contribution in [-0.4, -0.2) is 33.9 Å². The van der Waals surface area contributed by atoms with Crippen LogP contribution in [-0.2, 0) is 4.79 Å². The molecule has 0 aromatic carbocycles. The van der Waals surface area contributed by atoms with E-state index in [0.717, 1.165) is 6.42 Å². The average Bonchev–Trinajstić information content (AvgIpc) is 1.96. The van der Waals surface area contributed by atoms with Crippen molar-refractivity contribution >= 4 is 5.97 Å². The fraction of sp³-hybridized carbons (Fsp3) is 0.917. The van der Waals surface area contributed by atoms with Crippen molar-refractivity contribution in [2.24, 2.45) is 5.41 Å². The van der Waals surface area contributed by atoms with Gasteiger partial charge in [-0.3, -0.25) is 0 Å². The Kier molecular flexibility index (Phi) is 4.54. The minimum atomic E-state index is -1.71. The predicted octanol–water partition coefficient (Wildman–Crippen LogP) is 1.63. The minimum Gasteiger partial charge on any atom is -0.479 e. The SMILES string of the molecule is CC(C)(C)CC(C)(C)NCC(C)(O)C(=O)O. The number of hydrogen-bond donors (Lipinski definition) is 3. The van der Waals surface area contributed by atoms with Gasteiger partial charge in [0.05, 0.1) is 0 Å². The van der Waals surface area contributed by atoms with Crippen molar-refractivity contribution in [3.05, 3.63) is 0 Å². The van der Waals surface area contributed by atoms with E-state index in [1.54, 1.807) is 0 Å². The van der Waals surface area contributed by atoms with Crippen molar-refractivity contribution in [3.63, 3.8) is 0 Å². The molecule has 16 heavy (non-hydrogen) atoms. The summed E-state index contributed by atoms with van der Waals surface area (Å²) in [5.41, 5.74) is -1.75. The number of nitrogens with one attached hydrogen (secondary N) is 1. The van der Waals surface area contributed by atoms with Gasteiger partial charge in [0.15, 0.2) is 5.60 Å². The smallest absolute Gasteiger partial charge is 0.336 e. The van der Waals surface area contributed by atoms with Crippen LogP contribution in [0.15, 0.2) is 0 Å². The predicted molar refractivity (Wildman–Crippen MR) is 64.4 cm³/mol. The van der Waals surface area contributed by atoms with Crippen LogP contribution in [0.25, 0.3) is 0 Å². The lowest BCUT2D eigenvalue weighted by Crippen LogP contribution is -2.52. The van der Waals surface area contributed by atoms with Gasteiger partial charge in [0.25, 0.3) is 0 Å². The third kappa shape index (κ3) is 6.08. The highest BCUT2D eigenvalue weighted by molar-refractivity contribution is 5.76. The van der Waals surface area contributed by atoms with Crippen molar-refractivity contribution < 1.29 is 15.0 Å². The van der Waals surface area contributed by atoms with Crippen LogP contribution in [0, 0.1) is 5.41 Å². The molecule has 4 nitrogen and oxygen atoms in total. The van der Waals surface area contributed by atoms with Gasteiger partial charge in [-0.05, 0) is 32.6 Å². The van der Waals surface area contributed by atoms with Crippen LogP contribution in [0.4, 0.5) is 0 Å². The van der Waals surface area contributed by atoms with Crippen LogP contribution in [0.1, 0.15) is 48.0 Å². The molecule has 0 aliphatic carbocycles. The molecule has 0 bridgehead atoms. The zero-order valence-corrected chi connectivity index (χ0v) is 11.2. The molecule has 0 amide bonds. The van der Waals surface area contributed by atoms with Crippen molar-refractivity contribution in [2.45, 2.75) is 59.1 Å². The van der Waals surface area contributed by atoms with E-state index in [1.165, 1.54) is 6.92 Å². The van der Waals surface area contributed by atoms with E-state index in [0.29, 0.717) is 0 Å². The number of carbonyl (C=O) groups is 1. The lowest BCUT2D eigenvalue weighted by atomic mass is 9.81. The maximum absolute atomic E-state index is 10.7.